The number of hydrogen-bond acceptors (Lipinski definition) is 2. The zero-order chi connectivity index (χ0) is 28.5. The Hall–Kier alpha value is -3.98. The molecule has 0 spiro atoms. The van der Waals surface area contributed by atoms with Gasteiger partial charge < -0.3 is 0 Å². The van der Waals surface area contributed by atoms with E-state index in [4.69, 9.17) is 10.1 Å². The molecule has 0 radical (unpaired) electrons. The highest BCUT2D eigenvalue weighted by Crippen LogP contribution is 2.33. The molecule has 0 aliphatic heterocycles. The Morgan fingerprint density at radius 2 is 1.07 bits per heavy atom. The molecule has 204 valence electrons. The highest BCUT2D eigenvalue weighted by atomic mass is 15.3. The number of benzene rings is 4. The summed E-state index contributed by atoms with van der Waals surface area (Å²) in [6.07, 6.45) is 1.86. The summed E-state index contributed by atoms with van der Waals surface area (Å²) in [5.74, 6) is 1.75. The summed E-state index contributed by atoms with van der Waals surface area (Å²) < 4.78 is 2.05. The highest BCUT2D eigenvalue weighted by molar-refractivity contribution is 5.76. The second-order valence-corrected chi connectivity index (χ2v) is 12.8. The van der Waals surface area contributed by atoms with Gasteiger partial charge in [0.15, 0.2) is 5.82 Å². The average molecular weight is 528 g/mol. The minimum atomic E-state index is 0.115. The van der Waals surface area contributed by atoms with Crippen LogP contribution in [0, 0.1) is 0 Å². The fourth-order valence-electron chi connectivity index (χ4n) is 5.04. The summed E-state index contributed by atoms with van der Waals surface area (Å²) in [6.45, 7) is 15.7. The van der Waals surface area contributed by atoms with Gasteiger partial charge in [0.2, 0.25) is 0 Å². The molecule has 4 aromatic carbocycles. The monoisotopic (exact) mass is 527 g/mol. The first-order chi connectivity index (χ1) is 19.0. The zero-order valence-electron chi connectivity index (χ0n) is 25.0. The van der Waals surface area contributed by atoms with Gasteiger partial charge in [-0.15, -0.1) is 5.10 Å². The second kappa shape index (κ2) is 10.9. The van der Waals surface area contributed by atoms with Crippen LogP contribution < -0.4 is 0 Å². The van der Waals surface area contributed by atoms with E-state index in [-0.39, 0.29) is 10.8 Å². The maximum Gasteiger partial charge on any atom is 0.181 e. The second-order valence-electron chi connectivity index (χ2n) is 12.8. The van der Waals surface area contributed by atoms with Gasteiger partial charge in [0, 0.05) is 12.0 Å². The average Bonchev–Trinajstić information content (AvgIpc) is 3.37. The van der Waals surface area contributed by atoms with Crippen molar-refractivity contribution in [2.75, 3.05) is 0 Å². The van der Waals surface area contributed by atoms with Crippen LogP contribution in [0.25, 0.3) is 39.3 Å². The number of hydrogen-bond donors (Lipinski definition) is 0. The molecule has 0 aliphatic rings. The van der Waals surface area contributed by atoms with Crippen LogP contribution in [0.15, 0.2) is 97.1 Å². The summed E-state index contributed by atoms with van der Waals surface area (Å²) in [5, 5.41) is 5.04. The Morgan fingerprint density at radius 3 is 1.52 bits per heavy atom. The predicted molar refractivity (Wildman–Crippen MR) is 169 cm³/mol. The summed E-state index contributed by atoms with van der Waals surface area (Å²) >= 11 is 0. The van der Waals surface area contributed by atoms with Crippen molar-refractivity contribution in [2.24, 2.45) is 0 Å². The lowest BCUT2D eigenvalue weighted by Gasteiger charge is -2.20. The standard InChI is InChI=1S/C37H41N3/c1-8-12-34-38-35(28-13-10-9-11-14-28)39-40(34)33-24-29(26-15-19-31(20-16-26)36(2,3)4)23-30(25-33)27-17-21-32(22-18-27)37(5,6)7/h9-11,13-25H,8,12H2,1-7H3. The van der Waals surface area contributed by atoms with E-state index in [1.807, 2.05) is 22.9 Å². The van der Waals surface area contributed by atoms with E-state index in [0.717, 1.165) is 35.7 Å². The number of rotatable bonds is 6. The van der Waals surface area contributed by atoms with Crippen LogP contribution in [0.3, 0.4) is 0 Å². The van der Waals surface area contributed by atoms with Gasteiger partial charge in [-0.25, -0.2) is 9.67 Å². The molecule has 0 bridgehead atoms. The molecule has 5 aromatic rings. The zero-order valence-corrected chi connectivity index (χ0v) is 25.0. The molecule has 0 unspecified atom stereocenters. The van der Waals surface area contributed by atoms with Crippen molar-refractivity contribution >= 4 is 0 Å². The van der Waals surface area contributed by atoms with E-state index < -0.39 is 0 Å². The van der Waals surface area contributed by atoms with Crippen LogP contribution in [0.2, 0.25) is 0 Å². The molecule has 3 heteroatoms. The molecule has 0 saturated heterocycles. The van der Waals surface area contributed by atoms with E-state index in [1.165, 1.54) is 33.4 Å². The molecule has 0 aliphatic carbocycles. The van der Waals surface area contributed by atoms with Crippen molar-refractivity contribution in [2.45, 2.75) is 72.1 Å². The van der Waals surface area contributed by atoms with Crippen LogP contribution in [-0.4, -0.2) is 14.8 Å². The SMILES string of the molecule is CCCc1nc(-c2ccccc2)nn1-c1cc(-c2ccc(C(C)(C)C)cc2)cc(-c2ccc(C(C)(C)C)cc2)c1. The topological polar surface area (TPSA) is 30.7 Å². The lowest BCUT2D eigenvalue weighted by atomic mass is 9.85. The third kappa shape index (κ3) is 5.94. The van der Waals surface area contributed by atoms with Crippen LogP contribution in [0.5, 0.6) is 0 Å². The van der Waals surface area contributed by atoms with E-state index in [1.54, 1.807) is 0 Å². The minimum Gasteiger partial charge on any atom is -0.217 e. The fraction of sp³-hybridized carbons (Fsp3) is 0.297. The molecular formula is C37H41N3. The third-order valence-electron chi connectivity index (χ3n) is 7.51. The van der Waals surface area contributed by atoms with E-state index in [9.17, 15) is 0 Å². The molecule has 3 nitrogen and oxygen atoms in total. The van der Waals surface area contributed by atoms with Gasteiger partial charge in [-0.3, -0.25) is 0 Å². The maximum absolute atomic E-state index is 5.04. The molecule has 0 saturated carbocycles. The lowest BCUT2D eigenvalue weighted by Crippen LogP contribution is -2.10. The van der Waals surface area contributed by atoms with E-state index in [0.29, 0.717) is 0 Å². The first kappa shape index (κ1) is 27.6. The van der Waals surface area contributed by atoms with Crippen molar-refractivity contribution < 1.29 is 0 Å². The quantitative estimate of drug-likeness (QED) is 0.220. The largest absolute Gasteiger partial charge is 0.217 e. The van der Waals surface area contributed by atoms with Gasteiger partial charge in [0.1, 0.15) is 5.82 Å². The predicted octanol–water partition coefficient (Wildman–Crippen LogP) is 9.82. The molecule has 0 N–H and O–H groups in total. The van der Waals surface area contributed by atoms with Crippen LogP contribution in [0.1, 0.15) is 71.8 Å². The number of aryl methyl sites for hydroxylation is 1. The van der Waals surface area contributed by atoms with Gasteiger partial charge in [-0.05, 0) is 68.8 Å². The van der Waals surface area contributed by atoms with Crippen molar-refractivity contribution in [1.29, 1.82) is 0 Å². The van der Waals surface area contributed by atoms with Gasteiger partial charge in [-0.2, -0.15) is 0 Å². The molecular weight excluding hydrogens is 486 g/mol. The van der Waals surface area contributed by atoms with Gasteiger partial charge in [0.25, 0.3) is 0 Å². The van der Waals surface area contributed by atoms with Gasteiger partial charge in [-0.1, -0.05) is 127 Å². The van der Waals surface area contributed by atoms with Crippen LogP contribution >= 0.6 is 0 Å². The molecule has 0 amide bonds. The molecule has 1 heterocycles. The van der Waals surface area contributed by atoms with Crippen molar-refractivity contribution in [3.05, 3.63) is 114 Å². The molecule has 1 aromatic heterocycles. The molecule has 0 atom stereocenters. The summed E-state index contributed by atoms with van der Waals surface area (Å²) in [4.78, 5) is 4.98. The van der Waals surface area contributed by atoms with Crippen molar-refractivity contribution in [3.63, 3.8) is 0 Å². The van der Waals surface area contributed by atoms with Crippen LogP contribution in [0.4, 0.5) is 0 Å². The third-order valence-corrected chi connectivity index (χ3v) is 7.51. The first-order valence-corrected chi connectivity index (χ1v) is 14.4. The summed E-state index contributed by atoms with van der Waals surface area (Å²) in [7, 11) is 0. The lowest BCUT2D eigenvalue weighted by molar-refractivity contribution is 0.590. The maximum atomic E-state index is 5.04. The van der Waals surface area contributed by atoms with Gasteiger partial charge in [0.05, 0.1) is 5.69 Å². The van der Waals surface area contributed by atoms with E-state index in [2.05, 4.69) is 127 Å². The van der Waals surface area contributed by atoms with Crippen molar-refractivity contribution in [1.82, 2.24) is 14.8 Å². The fourth-order valence-corrected chi connectivity index (χ4v) is 5.04. The molecule has 5 rings (SSSR count). The Kier molecular flexibility index (Phi) is 7.51. The Morgan fingerprint density at radius 1 is 0.575 bits per heavy atom. The normalized spacial score (nSPS) is 12.1. The van der Waals surface area contributed by atoms with Crippen molar-refractivity contribution in [3.8, 4) is 39.3 Å². The Balaban J connectivity index is 1.67. The molecule has 0 fully saturated rings. The summed E-state index contributed by atoms with van der Waals surface area (Å²) in [6, 6.07) is 35.1. The number of aromatic nitrogens is 3. The van der Waals surface area contributed by atoms with Gasteiger partial charge >= 0.3 is 0 Å². The highest BCUT2D eigenvalue weighted by Gasteiger charge is 2.18. The Labute approximate surface area is 240 Å². The Bertz CT molecular complexity index is 1500. The minimum absolute atomic E-state index is 0.115. The number of nitrogens with zero attached hydrogens (tertiary/aromatic N) is 3. The molecule has 40 heavy (non-hydrogen) atoms. The smallest absolute Gasteiger partial charge is 0.181 e. The first-order valence-electron chi connectivity index (χ1n) is 14.4. The van der Waals surface area contributed by atoms with Crippen LogP contribution in [-0.2, 0) is 17.3 Å². The summed E-state index contributed by atoms with van der Waals surface area (Å²) in [5.41, 5.74) is 9.70. The van der Waals surface area contributed by atoms with E-state index >= 15 is 0 Å².